The van der Waals surface area contributed by atoms with E-state index in [1.807, 2.05) is 4.90 Å². The Kier molecular flexibility index (Phi) is 3.48. The van der Waals surface area contributed by atoms with Crippen molar-refractivity contribution in [3.8, 4) is 0 Å². The molecule has 3 aliphatic rings. The molecule has 1 N–H and O–H groups in total. The molecule has 0 aromatic carbocycles. The smallest absolute Gasteiger partial charge is 0.248 e. The molecule has 5 heteroatoms. The van der Waals surface area contributed by atoms with Gasteiger partial charge >= 0.3 is 0 Å². The summed E-state index contributed by atoms with van der Waals surface area (Å²) in [7, 11) is 0. The molecule has 1 spiro atoms. The monoisotopic (exact) mass is 266 g/mol. The number of rotatable bonds is 2. The maximum Gasteiger partial charge on any atom is 0.248 e. The van der Waals surface area contributed by atoms with Crippen molar-refractivity contribution in [3.63, 3.8) is 0 Å². The van der Waals surface area contributed by atoms with E-state index in [2.05, 4.69) is 5.32 Å². The molecule has 0 aromatic heterocycles. The standard InChI is InChI=1S/C14H22N2O3/c17-12-3-7-16(9-11-4-8-19-10-11)13(18)14(15-12)5-1-2-6-14/h11H,1-10H2,(H,15,17). The van der Waals surface area contributed by atoms with Crippen molar-refractivity contribution < 1.29 is 14.3 Å². The van der Waals surface area contributed by atoms with Gasteiger partial charge < -0.3 is 15.0 Å². The van der Waals surface area contributed by atoms with Crippen LogP contribution in [0.5, 0.6) is 0 Å². The summed E-state index contributed by atoms with van der Waals surface area (Å²) in [6.07, 6.45) is 5.13. The Balaban J connectivity index is 1.75. The van der Waals surface area contributed by atoms with Gasteiger partial charge in [-0.3, -0.25) is 9.59 Å². The molecular formula is C14H22N2O3. The molecule has 2 aliphatic heterocycles. The maximum absolute atomic E-state index is 12.8. The number of carbonyl (C=O) groups is 2. The van der Waals surface area contributed by atoms with Crippen molar-refractivity contribution >= 4 is 11.8 Å². The molecular weight excluding hydrogens is 244 g/mol. The first-order valence-corrected chi connectivity index (χ1v) is 7.38. The second kappa shape index (κ2) is 5.12. The molecule has 106 valence electrons. The second-order valence-corrected chi connectivity index (χ2v) is 6.07. The zero-order valence-corrected chi connectivity index (χ0v) is 11.3. The summed E-state index contributed by atoms with van der Waals surface area (Å²) in [4.78, 5) is 26.5. The third-order valence-corrected chi connectivity index (χ3v) is 4.64. The number of nitrogens with zero attached hydrogens (tertiary/aromatic N) is 1. The average Bonchev–Trinajstić information content (AvgIpc) is 3.03. The Labute approximate surface area is 113 Å². The predicted molar refractivity (Wildman–Crippen MR) is 69.5 cm³/mol. The minimum atomic E-state index is -0.590. The summed E-state index contributed by atoms with van der Waals surface area (Å²) in [5.41, 5.74) is -0.590. The topological polar surface area (TPSA) is 58.6 Å². The van der Waals surface area contributed by atoms with Gasteiger partial charge in [0.15, 0.2) is 0 Å². The lowest BCUT2D eigenvalue weighted by atomic mass is 9.95. The second-order valence-electron chi connectivity index (χ2n) is 6.07. The SMILES string of the molecule is O=C1CCN(CC2CCOC2)C(=O)C2(CCCC2)N1. The molecule has 3 fully saturated rings. The Morgan fingerprint density at radius 2 is 2.11 bits per heavy atom. The average molecular weight is 266 g/mol. The van der Waals surface area contributed by atoms with E-state index in [0.29, 0.717) is 18.9 Å². The highest BCUT2D eigenvalue weighted by Crippen LogP contribution is 2.33. The van der Waals surface area contributed by atoms with E-state index < -0.39 is 5.54 Å². The van der Waals surface area contributed by atoms with E-state index in [1.165, 1.54) is 0 Å². The largest absolute Gasteiger partial charge is 0.381 e. The molecule has 19 heavy (non-hydrogen) atoms. The molecule has 0 radical (unpaired) electrons. The third-order valence-electron chi connectivity index (χ3n) is 4.64. The van der Waals surface area contributed by atoms with Crippen LogP contribution in [0, 0.1) is 5.92 Å². The molecule has 3 rings (SSSR count). The summed E-state index contributed by atoms with van der Waals surface area (Å²) in [5.74, 6) is 0.610. The van der Waals surface area contributed by atoms with E-state index in [1.54, 1.807) is 0 Å². The Morgan fingerprint density at radius 1 is 1.32 bits per heavy atom. The van der Waals surface area contributed by atoms with E-state index >= 15 is 0 Å². The lowest BCUT2D eigenvalue weighted by Crippen LogP contribution is -2.56. The van der Waals surface area contributed by atoms with Gasteiger partial charge in [0.2, 0.25) is 11.8 Å². The quantitative estimate of drug-likeness (QED) is 0.800. The summed E-state index contributed by atoms with van der Waals surface area (Å²) in [5, 5.41) is 3.00. The summed E-state index contributed by atoms with van der Waals surface area (Å²) in [6, 6.07) is 0. The van der Waals surface area contributed by atoms with Crippen LogP contribution in [0.25, 0.3) is 0 Å². The van der Waals surface area contributed by atoms with Crippen molar-refractivity contribution in [2.45, 2.75) is 44.1 Å². The molecule has 2 heterocycles. The fourth-order valence-corrected chi connectivity index (χ4v) is 3.55. The minimum Gasteiger partial charge on any atom is -0.381 e. The van der Waals surface area contributed by atoms with Crippen molar-refractivity contribution in [1.82, 2.24) is 10.2 Å². The van der Waals surface area contributed by atoms with Gasteiger partial charge in [-0.05, 0) is 19.3 Å². The molecule has 2 saturated heterocycles. The number of carbonyl (C=O) groups excluding carboxylic acids is 2. The van der Waals surface area contributed by atoms with Crippen LogP contribution in [0.1, 0.15) is 38.5 Å². The number of hydrogen-bond acceptors (Lipinski definition) is 3. The molecule has 2 amide bonds. The zero-order chi connectivity index (χ0) is 13.3. The number of hydrogen-bond donors (Lipinski definition) is 1. The minimum absolute atomic E-state index is 0.0282. The lowest BCUT2D eigenvalue weighted by molar-refractivity contribution is -0.139. The molecule has 5 nitrogen and oxygen atoms in total. The van der Waals surface area contributed by atoms with E-state index in [0.717, 1.165) is 51.9 Å². The summed E-state index contributed by atoms with van der Waals surface area (Å²) >= 11 is 0. The first kappa shape index (κ1) is 12.9. The summed E-state index contributed by atoms with van der Waals surface area (Å²) < 4.78 is 5.38. The fourth-order valence-electron chi connectivity index (χ4n) is 3.55. The van der Waals surface area contributed by atoms with Gasteiger partial charge in [0.1, 0.15) is 5.54 Å². The van der Waals surface area contributed by atoms with Crippen LogP contribution in [0.4, 0.5) is 0 Å². The Hall–Kier alpha value is -1.10. The number of amides is 2. The first-order chi connectivity index (χ1) is 9.20. The van der Waals surface area contributed by atoms with E-state index in [4.69, 9.17) is 4.74 Å². The molecule has 1 atom stereocenters. The van der Waals surface area contributed by atoms with Gasteiger partial charge in [-0.15, -0.1) is 0 Å². The van der Waals surface area contributed by atoms with Crippen LogP contribution in [0.2, 0.25) is 0 Å². The van der Waals surface area contributed by atoms with Crippen LogP contribution in [-0.4, -0.2) is 48.6 Å². The highest BCUT2D eigenvalue weighted by molar-refractivity contribution is 5.93. The molecule has 1 saturated carbocycles. The fraction of sp³-hybridized carbons (Fsp3) is 0.857. The molecule has 1 aliphatic carbocycles. The van der Waals surface area contributed by atoms with Crippen LogP contribution in [0.15, 0.2) is 0 Å². The number of ether oxygens (including phenoxy) is 1. The summed E-state index contributed by atoms with van der Waals surface area (Å²) in [6.45, 7) is 2.85. The van der Waals surface area contributed by atoms with Crippen LogP contribution in [0.3, 0.4) is 0 Å². The van der Waals surface area contributed by atoms with E-state index in [9.17, 15) is 9.59 Å². The van der Waals surface area contributed by atoms with Crippen molar-refractivity contribution in [1.29, 1.82) is 0 Å². The molecule has 1 unspecified atom stereocenters. The lowest BCUT2D eigenvalue weighted by Gasteiger charge is -2.32. The number of nitrogens with one attached hydrogen (secondary N) is 1. The highest BCUT2D eigenvalue weighted by Gasteiger charge is 2.46. The Morgan fingerprint density at radius 3 is 2.79 bits per heavy atom. The molecule has 0 aromatic rings. The first-order valence-electron chi connectivity index (χ1n) is 7.38. The normalized spacial score (nSPS) is 30.7. The highest BCUT2D eigenvalue weighted by atomic mass is 16.5. The van der Waals surface area contributed by atoms with E-state index in [-0.39, 0.29) is 11.8 Å². The van der Waals surface area contributed by atoms with Crippen LogP contribution in [-0.2, 0) is 14.3 Å². The van der Waals surface area contributed by atoms with Gasteiger partial charge in [0.25, 0.3) is 0 Å². The van der Waals surface area contributed by atoms with Gasteiger partial charge in [0, 0.05) is 32.0 Å². The maximum atomic E-state index is 12.8. The third kappa shape index (κ3) is 2.48. The Bertz CT molecular complexity index is 371. The van der Waals surface area contributed by atoms with Crippen LogP contribution >= 0.6 is 0 Å². The van der Waals surface area contributed by atoms with Gasteiger partial charge in [-0.25, -0.2) is 0 Å². The predicted octanol–water partition coefficient (Wildman–Crippen LogP) is 0.684. The van der Waals surface area contributed by atoms with Crippen LogP contribution < -0.4 is 5.32 Å². The van der Waals surface area contributed by atoms with Crippen molar-refractivity contribution in [2.24, 2.45) is 5.92 Å². The van der Waals surface area contributed by atoms with Crippen molar-refractivity contribution in [2.75, 3.05) is 26.3 Å². The van der Waals surface area contributed by atoms with Gasteiger partial charge in [-0.1, -0.05) is 12.8 Å². The van der Waals surface area contributed by atoms with Crippen molar-refractivity contribution in [3.05, 3.63) is 0 Å². The zero-order valence-electron chi connectivity index (χ0n) is 11.3. The van der Waals surface area contributed by atoms with Gasteiger partial charge in [0.05, 0.1) is 6.61 Å². The van der Waals surface area contributed by atoms with Gasteiger partial charge in [-0.2, -0.15) is 0 Å². The molecule has 0 bridgehead atoms.